The Balaban J connectivity index is 0.000000230. The third kappa shape index (κ3) is 6.62. The van der Waals surface area contributed by atoms with Crippen LogP contribution in [-0.2, 0) is 24.9 Å². The van der Waals surface area contributed by atoms with Gasteiger partial charge >= 0.3 is 0 Å². The van der Waals surface area contributed by atoms with Crippen LogP contribution in [0.4, 0.5) is 0 Å². The first-order valence-electron chi connectivity index (χ1n) is 14.9. The molecule has 1 N–H and O–H groups in total. The molecule has 6 aromatic rings. The molecule has 0 fully saturated rings. The molecule has 0 saturated carbocycles. The predicted octanol–water partition coefficient (Wildman–Crippen LogP) is 11.0. The maximum absolute atomic E-state index is 11.7. The van der Waals surface area contributed by atoms with E-state index in [9.17, 15) is 9.90 Å². The van der Waals surface area contributed by atoms with Gasteiger partial charge in [0.25, 0.3) is 0 Å². The van der Waals surface area contributed by atoms with Crippen molar-refractivity contribution in [2.24, 2.45) is 11.8 Å². The van der Waals surface area contributed by atoms with E-state index in [1.165, 1.54) is 31.8 Å². The molecule has 0 bridgehead atoms. The van der Waals surface area contributed by atoms with Crippen LogP contribution < -0.4 is 0 Å². The van der Waals surface area contributed by atoms with Crippen LogP contribution in [0.1, 0.15) is 58.9 Å². The van der Waals surface area contributed by atoms with Gasteiger partial charge < -0.3 is 14.5 Å². The van der Waals surface area contributed by atoms with Crippen molar-refractivity contribution in [1.82, 2.24) is 4.98 Å². The van der Waals surface area contributed by atoms with Gasteiger partial charge in [-0.1, -0.05) is 75.5 Å². The van der Waals surface area contributed by atoms with Gasteiger partial charge in [-0.25, -0.2) is 0 Å². The monoisotopic (exact) mass is 769 g/mol. The number of benzene rings is 3. The number of carbonyl (C=O) groups is 1. The summed E-state index contributed by atoms with van der Waals surface area (Å²) in [5.74, 6) is 0.547. The number of pyridine rings is 1. The van der Waals surface area contributed by atoms with Crippen LogP contribution >= 0.6 is 11.3 Å². The van der Waals surface area contributed by atoms with Gasteiger partial charge in [0, 0.05) is 59.3 Å². The number of carbonyl (C=O) groups excluding carboxylic acids is 1. The molecular formula is C37H38IrNO3S-. The first-order chi connectivity index (χ1) is 20.4. The number of aryl methyl sites for hydroxylation is 1. The average molecular weight is 769 g/mol. The van der Waals surface area contributed by atoms with Crippen molar-refractivity contribution < 1.29 is 34.4 Å². The fraction of sp³-hybridized carbons (Fsp3) is 0.297. The molecule has 43 heavy (non-hydrogen) atoms. The molecule has 3 aromatic carbocycles. The quantitative estimate of drug-likeness (QED) is 0.0951. The fourth-order valence-corrected chi connectivity index (χ4v) is 6.91. The third-order valence-corrected chi connectivity index (χ3v) is 9.62. The van der Waals surface area contributed by atoms with Crippen molar-refractivity contribution in [1.29, 1.82) is 0 Å². The summed E-state index contributed by atoms with van der Waals surface area (Å²) >= 11 is 1.81. The Bertz CT molecular complexity index is 1890. The zero-order valence-electron chi connectivity index (χ0n) is 25.4. The molecule has 0 spiro atoms. The topological polar surface area (TPSA) is 63.3 Å². The van der Waals surface area contributed by atoms with Gasteiger partial charge in [0.15, 0.2) is 5.78 Å². The van der Waals surface area contributed by atoms with Crippen LogP contribution in [-0.4, -0.2) is 15.9 Å². The Labute approximate surface area is 271 Å². The van der Waals surface area contributed by atoms with Crippen molar-refractivity contribution >= 4 is 59.2 Å². The summed E-state index contributed by atoms with van der Waals surface area (Å²) in [5, 5.41) is 14.5. The van der Waals surface area contributed by atoms with Gasteiger partial charge in [-0.3, -0.25) is 4.79 Å². The van der Waals surface area contributed by atoms with Crippen LogP contribution in [0.15, 0.2) is 83.1 Å². The Morgan fingerprint density at radius 3 is 2.28 bits per heavy atom. The second-order valence-corrected chi connectivity index (χ2v) is 11.8. The summed E-state index contributed by atoms with van der Waals surface area (Å²) < 4.78 is 8.59. The minimum Gasteiger partial charge on any atom is -0.512 e. The van der Waals surface area contributed by atoms with Crippen LogP contribution in [0.3, 0.4) is 0 Å². The number of rotatable bonds is 8. The zero-order valence-corrected chi connectivity index (χ0v) is 28.6. The molecule has 0 unspecified atom stereocenters. The molecule has 0 aliphatic rings. The third-order valence-electron chi connectivity index (χ3n) is 8.26. The van der Waals surface area contributed by atoms with Crippen molar-refractivity contribution in [2.45, 2.75) is 60.3 Å². The van der Waals surface area contributed by atoms with E-state index in [1.54, 1.807) is 0 Å². The molecule has 0 atom stereocenters. The van der Waals surface area contributed by atoms with Crippen molar-refractivity contribution in [3.8, 4) is 11.3 Å². The zero-order chi connectivity index (χ0) is 29.8. The number of furan rings is 1. The normalized spacial score (nSPS) is 11.8. The number of aliphatic hydroxyl groups excluding tert-OH is 1. The van der Waals surface area contributed by atoms with E-state index in [-0.39, 0.29) is 43.5 Å². The number of fused-ring (bicyclic) bond motifs is 6. The SMILES string of the molecule is CCC(CC)C(=O)/C=C(\O)C(CC)CC.Cc1cccc2c1sc1c(-c3[c-]cc4c(c3)oc3ccccc34)nccc12.[Ir]. The van der Waals surface area contributed by atoms with Gasteiger partial charge in [-0.05, 0) is 66.5 Å². The Morgan fingerprint density at radius 1 is 0.884 bits per heavy atom. The van der Waals surface area contributed by atoms with Crippen LogP contribution in [0.25, 0.3) is 53.4 Å². The molecule has 225 valence electrons. The molecule has 0 saturated heterocycles. The number of allylic oxidation sites excluding steroid dienone is 2. The maximum atomic E-state index is 11.7. The molecule has 6 heteroatoms. The molecular weight excluding hydrogens is 731 g/mol. The Hall–Kier alpha value is -3.31. The number of aliphatic hydroxyl groups is 1. The van der Waals surface area contributed by atoms with Crippen molar-refractivity contribution in [2.75, 3.05) is 0 Å². The smallest absolute Gasteiger partial charge is 0.162 e. The number of aromatic nitrogens is 1. The van der Waals surface area contributed by atoms with Gasteiger partial charge in [-0.2, -0.15) is 0 Å². The summed E-state index contributed by atoms with van der Waals surface area (Å²) in [6, 6.07) is 24.2. The molecule has 0 aliphatic carbocycles. The fourth-order valence-electron chi connectivity index (χ4n) is 5.64. The van der Waals surface area contributed by atoms with Gasteiger partial charge in [0.05, 0.1) is 11.3 Å². The van der Waals surface area contributed by atoms with E-state index in [4.69, 9.17) is 9.40 Å². The second-order valence-electron chi connectivity index (χ2n) is 10.8. The summed E-state index contributed by atoms with van der Waals surface area (Å²) in [7, 11) is 0. The summed E-state index contributed by atoms with van der Waals surface area (Å²) in [4.78, 5) is 16.4. The van der Waals surface area contributed by atoms with E-state index in [0.717, 1.165) is 58.9 Å². The van der Waals surface area contributed by atoms with Crippen LogP contribution in [0.2, 0.25) is 0 Å². The molecule has 0 amide bonds. The predicted molar refractivity (Wildman–Crippen MR) is 177 cm³/mol. The first kappa shape index (κ1) is 32.6. The van der Waals surface area contributed by atoms with E-state index < -0.39 is 0 Å². The van der Waals surface area contributed by atoms with E-state index in [2.05, 4.69) is 49.4 Å². The van der Waals surface area contributed by atoms with Crippen LogP contribution in [0, 0.1) is 24.8 Å². The van der Waals surface area contributed by atoms with E-state index in [0.29, 0.717) is 0 Å². The first-order valence-corrected chi connectivity index (χ1v) is 15.8. The van der Waals surface area contributed by atoms with E-state index >= 15 is 0 Å². The van der Waals surface area contributed by atoms with Gasteiger partial charge in [0.2, 0.25) is 0 Å². The number of hydrogen-bond acceptors (Lipinski definition) is 5. The van der Waals surface area contributed by atoms with Gasteiger partial charge in [0.1, 0.15) is 5.58 Å². The molecule has 3 aromatic heterocycles. The number of hydrogen-bond donors (Lipinski definition) is 1. The Morgan fingerprint density at radius 2 is 1.56 bits per heavy atom. The minimum absolute atomic E-state index is 0. The minimum atomic E-state index is 0. The number of ketones is 1. The molecule has 4 nitrogen and oxygen atoms in total. The average Bonchev–Trinajstić information content (AvgIpc) is 3.57. The number of thiophene rings is 1. The van der Waals surface area contributed by atoms with Crippen molar-refractivity contribution in [3.05, 3.63) is 90.3 Å². The van der Waals surface area contributed by atoms with E-state index in [1.807, 2.05) is 69.5 Å². The standard InChI is InChI=1S/C24H14NOS.C13H24O2.Ir/c1-14-5-4-7-18-19-11-12-25-22(24(19)27-23(14)18)15-9-10-17-16-6-2-3-8-20(16)26-21(17)13-15;1-5-10(6-2)12(14)9-13(15)11(7-3)8-4;/h2-8,10-13H,1H3;9-11,14H,5-8H2,1-4H3;/q-1;;/b;12-9-;. The Kier molecular flexibility index (Phi) is 10.9. The number of nitrogens with zero attached hydrogens (tertiary/aromatic N) is 1. The summed E-state index contributed by atoms with van der Waals surface area (Å²) in [6.45, 7) is 10.2. The molecule has 0 aliphatic heterocycles. The second kappa shape index (κ2) is 14.4. The summed E-state index contributed by atoms with van der Waals surface area (Å²) in [6.07, 6.45) is 6.80. The summed E-state index contributed by atoms with van der Waals surface area (Å²) in [5.41, 5.74) is 5.02. The molecule has 1 radical (unpaired) electrons. The molecule has 3 heterocycles. The van der Waals surface area contributed by atoms with Crippen molar-refractivity contribution in [3.63, 3.8) is 0 Å². The largest absolute Gasteiger partial charge is 0.512 e. The van der Waals surface area contributed by atoms with Gasteiger partial charge in [-0.15, -0.1) is 29.0 Å². The number of para-hydroxylation sites is 1. The van der Waals surface area contributed by atoms with Crippen LogP contribution in [0.5, 0.6) is 0 Å². The maximum Gasteiger partial charge on any atom is 0.162 e. The molecule has 6 rings (SSSR count).